The van der Waals surface area contributed by atoms with E-state index >= 15 is 0 Å². The number of nitrogens with zero attached hydrogens (tertiary/aromatic N) is 2. The van der Waals surface area contributed by atoms with Crippen molar-refractivity contribution in [3.63, 3.8) is 0 Å². The van der Waals surface area contributed by atoms with Gasteiger partial charge in [0.2, 0.25) is 0 Å². The van der Waals surface area contributed by atoms with Gasteiger partial charge in [-0.15, -0.1) is 0 Å². The molecular weight excluding hydrogens is 174 g/mol. The van der Waals surface area contributed by atoms with Gasteiger partial charge in [-0.3, -0.25) is 0 Å². The van der Waals surface area contributed by atoms with Gasteiger partial charge in [0.15, 0.2) is 0 Å². The Balaban J connectivity index is 2.37. The van der Waals surface area contributed by atoms with Crippen molar-refractivity contribution < 1.29 is 0 Å². The quantitative estimate of drug-likeness (QED) is 0.788. The average Bonchev–Trinajstić information content (AvgIpc) is 2.58. The highest BCUT2D eigenvalue weighted by Crippen LogP contribution is 2.19. The van der Waals surface area contributed by atoms with E-state index in [1.54, 1.807) is 0 Å². The molecule has 1 N–H and O–H groups in total. The molecule has 1 aliphatic rings. The summed E-state index contributed by atoms with van der Waals surface area (Å²) in [5, 5.41) is 3.23. The van der Waals surface area contributed by atoms with Crippen molar-refractivity contribution in [2.45, 2.75) is 45.7 Å². The predicted molar refractivity (Wildman–Crippen MR) is 57.3 cm³/mol. The van der Waals surface area contributed by atoms with Crippen molar-refractivity contribution in [1.82, 2.24) is 14.9 Å². The smallest absolute Gasteiger partial charge is 0.109 e. The Hall–Kier alpha value is -0.830. The fourth-order valence-corrected chi connectivity index (χ4v) is 2.25. The Kier molecular flexibility index (Phi) is 2.87. The van der Waals surface area contributed by atoms with Crippen LogP contribution in [0, 0.1) is 0 Å². The summed E-state index contributed by atoms with van der Waals surface area (Å²) in [5.41, 5.74) is 2.70. The molecule has 0 atom stereocenters. The van der Waals surface area contributed by atoms with E-state index in [1.807, 2.05) is 7.05 Å². The van der Waals surface area contributed by atoms with Gasteiger partial charge < -0.3 is 9.88 Å². The van der Waals surface area contributed by atoms with Crippen LogP contribution in [-0.2, 0) is 25.9 Å². The summed E-state index contributed by atoms with van der Waals surface area (Å²) in [6.07, 6.45) is 4.83. The van der Waals surface area contributed by atoms with Crippen molar-refractivity contribution in [3.8, 4) is 0 Å². The van der Waals surface area contributed by atoms with Gasteiger partial charge in [0.25, 0.3) is 0 Å². The monoisotopic (exact) mass is 193 g/mol. The van der Waals surface area contributed by atoms with Crippen LogP contribution in [0.4, 0.5) is 0 Å². The highest BCUT2D eigenvalue weighted by molar-refractivity contribution is 5.18. The molecule has 0 aromatic carbocycles. The second-order valence-corrected chi connectivity index (χ2v) is 3.91. The van der Waals surface area contributed by atoms with E-state index in [0.29, 0.717) is 0 Å². The normalized spacial score (nSPS) is 15.6. The topological polar surface area (TPSA) is 29.9 Å². The molecule has 0 aliphatic carbocycles. The molecule has 0 unspecified atom stereocenters. The molecule has 78 valence electrons. The second-order valence-electron chi connectivity index (χ2n) is 3.91. The first kappa shape index (κ1) is 9.71. The lowest BCUT2D eigenvalue weighted by Crippen LogP contribution is -2.17. The number of rotatable bonds is 3. The van der Waals surface area contributed by atoms with Crippen LogP contribution in [-0.4, -0.2) is 16.6 Å². The summed E-state index contributed by atoms with van der Waals surface area (Å²) < 4.78 is 2.42. The highest BCUT2D eigenvalue weighted by atomic mass is 15.1. The Morgan fingerprint density at radius 1 is 1.43 bits per heavy atom. The molecule has 1 aromatic heterocycles. The largest absolute Gasteiger partial charge is 0.331 e. The molecule has 14 heavy (non-hydrogen) atoms. The van der Waals surface area contributed by atoms with Gasteiger partial charge in [-0.2, -0.15) is 0 Å². The lowest BCUT2D eigenvalue weighted by molar-refractivity contribution is 0.503. The van der Waals surface area contributed by atoms with Crippen molar-refractivity contribution >= 4 is 0 Å². The minimum absolute atomic E-state index is 0.955. The number of hydrogen-bond donors (Lipinski definition) is 1. The molecule has 1 aliphatic heterocycles. The maximum atomic E-state index is 4.71. The van der Waals surface area contributed by atoms with Crippen molar-refractivity contribution in [1.29, 1.82) is 0 Å². The van der Waals surface area contributed by atoms with Crippen LogP contribution >= 0.6 is 0 Å². The van der Waals surface area contributed by atoms with E-state index < -0.39 is 0 Å². The molecule has 0 fully saturated rings. The minimum atomic E-state index is 0.955. The van der Waals surface area contributed by atoms with E-state index in [-0.39, 0.29) is 0 Å². The fraction of sp³-hybridized carbons (Fsp3) is 0.727. The molecule has 1 aromatic rings. The van der Waals surface area contributed by atoms with Crippen LogP contribution in [0.2, 0.25) is 0 Å². The Morgan fingerprint density at radius 2 is 2.29 bits per heavy atom. The zero-order valence-electron chi connectivity index (χ0n) is 9.14. The first-order valence-electron chi connectivity index (χ1n) is 5.58. The van der Waals surface area contributed by atoms with E-state index in [2.05, 4.69) is 16.8 Å². The third-order valence-electron chi connectivity index (χ3n) is 2.95. The van der Waals surface area contributed by atoms with E-state index in [4.69, 9.17) is 4.98 Å². The molecular formula is C11H19N3. The Morgan fingerprint density at radius 3 is 3.00 bits per heavy atom. The molecule has 0 radical (unpaired) electrons. The summed E-state index contributed by atoms with van der Waals surface area (Å²) in [5.74, 6) is 1.30. The zero-order chi connectivity index (χ0) is 9.97. The number of aromatic nitrogens is 2. The Bertz CT molecular complexity index is 315. The third kappa shape index (κ3) is 1.57. The van der Waals surface area contributed by atoms with Crippen molar-refractivity contribution in [2.24, 2.45) is 0 Å². The van der Waals surface area contributed by atoms with Gasteiger partial charge in [0.05, 0.1) is 11.4 Å². The second kappa shape index (κ2) is 4.13. The van der Waals surface area contributed by atoms with Gasteiger partial charge in [0, 0.05) is 19.5 Å². The summed E-state index contributed by atoms with van der Waals surface area (Å²) >= 11 is 0. The Labute approximate surface area is 85.5 Å². The maximum Gasteiger partial charge on any atom is 0.109 e. The van der Waals surface area contributed by atoms with Gasteiger partial charge in [-0.25, -0.2) is 4.98 Å². The lowest BCUT2D eigenvalue weighted by atomic mass is 10.1. The van der Waals surface area contributed by atoms with Gasteiger partial charge >= 0.3 is 0 Å². The van der Waals surface area contributed by atoms with Gasteiger partial charge in [-0.1, -0.05) is 6.92 Å². The SMILES string of the molecule is CCc1nc2n(c1CNC)CCCC2. The molecule has 0 saturated heterocycles. The van der Waals surface area contributed by atoms with Crippen LogP contribution in [0.15, 0.2) is 0 Å². The molecule has 0 bridgehead atoms. The van der Waals surface area contributed by atoms with E-state index in [1.165, 1.54) is 36.6 Å². The number of fused-ring (bicyclic) bond motifs is 1. The molecule has 3 nitrogen and oxygen atoms in total. The van der Waals surface area contributed by atoms with Crippen molar-refractivity contribution in [3.05, 3.63) is 17.2 Å². The van der Waals surface area contributed by atoms with Crippen molar-refractivity contribution in [2.75, 3.05) is 7.05 Å². The van der Waals surface area contributed by atoms with Gasteiger partial charge in [0.1, 0.15) is 5.82 Å². The standard InChI is InChI=1S/C11H19N3/c1-3-9-10(8-12-2)14-7-5-4-6-11(14)13-9/h12H,3-8H2,1-2H3. The van der Waals surface area contributed by atoms with Crippen LogP contribution in [0.5, 0.6) is 0 Å². The highest BCUT2D eigenvalue weighted by Gasteiger charge is 2.17. The average molecular weight is 193 g/mol. The summed E-state index contributed by atoms with van der Waals surface area (Å²) in [6.45, 7) is 4.31. The van der Waals surface area contributed by atoms with Crippen LogP contribution in [0.25, 0.3) is 0 Å². The zero-order valence-corrected chi connectivity index (χ0v) is 9.14. The lowest BCUT2D eigenvalue weighted by Gasteiger charge is -2.16. The maximum absolute atomic E-state index is 4.71. The summed E-state index contributed by atoms with van der Waals surface area (Å²) in [6, 6.07) is 0. The van der Waals surface area contributed by atoms with Gasteiger partial charge in [-0.05, 0) is 26.3 Å². The van der Waals surface area contributed by atoms with Crippen LogP contribution < -0.4 is 5.32 Å². The molecule has 2 rings (SSSR count). The number of imidazole rings is 1. The van der Waals surface area contributed by atoms with E-state index in [0.717, 1.165) is 19.4 Å². The first-order chi connectivity index (χ1) is 6.86. The molecule has 0 amide bonds. The fourth-order valence-electron chi connectivity index (χ4n) is 2.25. The predicted octanol–water partition coefficient (Wildman–Crippen LogP) is 1.50. The molecule has 0 saturated carbocycles. The van der Waals surface area contributed by atoms with Crippen LogP contribution in [0.3, 0.4) is 0 Å². The van der Waals surface area contributed by atoms with E-state index in [9.17, 15) is 0 Å². The molecule has 3 heteroatoms. The molecule has 0 spiro atoms. The minimum Gasteiger partial charge on any atom is -0.331 e. The number of nitrogens with one attached hydrogen (secondary N) is 1. The third-order valence-corrected chi connectivity index (χ3v) is 2.95. The summed E-state index contributed by atoms with van der Waals surface area (Å²) in [7, 11) is 2.00. The summed E-state index contributed by atoms with van der Waals surface area (Å²) in [4.78, 5) is 4.71. The molecule has 2 heterocycles. The first-order valence-corrected chi connectivity index (χ1v) is 5.58. The van der Waals surface area contributed by atoms with Crippen LogP contribution in [0.1, 0.15) is 37.0 Å². The number of hydrogen-bond acceptors (Lipinski definition) is 2. The number of aryl methyl sites for hydroxylation is 2.